The van der Waals surface area contributed by atoms with E-state index in [1.165, 1.54) is 0 Å². The average molecular weight is 419 g/mol. The third kappa shape index (κ3) is 3.67. The summed E-state index contributed by atoms with van der Waals surface area (Å²) in [6.07, 6.45) is 4.91. The Bertz CT molecular complexity index is 1210. The summed E-state index contributed by atoms with van der Waals surface area (Å²) in [7, 11) is 1.78. The molecule has 0 saturated carbocycles. The lowest BCUT2D eigenvalue weighted by Crippen LogP contribution is -2.46. The molecule has 0 spiro atoms. The molecule has 1 saturated heterocycles. The number of aromatic amines is 1. The maximum absolute atomic E-state index is 12.1. The van der Waals surface area contributed by atoms with E-state index in [0.29, 0.717) is 12.8 Å². The van der Waals surface area contributed by atoms with Gasteiger partial charge in [-0.1, -0.05) is 6.92 Å². The number of likely N-dealkylation sites (N-methyl/N-ethyl adjacent to an activating group) is 1. The minimum absolute atomic E-state index is 0.0292. The summed E-state index contributed by atoms with van der Waals surface area (Å²) in [6.45, 7) is 6.44. The number of H-pyrrole nitrogens is 1. The number of piperazine rings is 1. The zero-order chi connectivity index (χ0) is 21.5. The number of amides is 1. The first-order valence-corrected chi connectivity index (χ1v) is 10.8. The van der Waals surface area contributed by atoms with E-state index < -0.39 is 0 Å². The van der Waals surface area contributed by atoms with Crippen molar-refractivity contribution in [3.8, 4) is 0 Å². The van der Waals surface area contributed by atoms with Crippen molar-refractivity contribution < 1.29 is 4.79 Å². The number of fused-ring (bicyclic) bond motifs is 2. The number of carbonyl (C=O) groups excluding carboxylic acids is 1. The van der Waals surface area contributed by atoms with Crippen LogP contribution < -0.4 is 15.4 Å². The first-order valence-electron chi connectivity index (χ1n) is 10.8. The summed E-state index contributed by atoms with van der Waals surface area (Å²) in [4.78, 5) is 42.4. The Morgan fingerprint density at radius 3 is 2.61 bits per heavy atom. The van der Waals surface area contributed by atoms with Gasteiger partial charge in [-0.25, -0.2) is 4.98 Å². The summed E-state index contributed by atoms with van der Waals surface area (Å²) in [5.41, 5.74) is 5.55. The highest BCUT2D eigenvalue weighted by Crippen LogP contribution is 2.29. The second-order valence-corrected chi connectivity index (χ2v) is 8.32. The Labute approximate surface area is 180 Å². The van der Waals surface area contributed by atoms with Crippen LogP contribution in [0.4, 0.5) is 11.5 Å². The number of anilines is 2. The van der Waals surface area contributed by atoms with Gasteiger partial charge in [-0.3, -0.25) is 24.4 Å². The lowest BCUT2D eigenvalue weighted by atomic mass is 10.1. The van der Waals surface area contributed by atoms with Crippen molar-refractivity contribution in [3.05, 3.63) is 57.6 Å². The molecule has 1 fully saturated rings. The van der Waals surface area contributed by atoms with Crippen molar-refractivity contribution in [3.63, 3.8) is 0 Å². The average Bonchev–Trinajstić information content (AvgIpc) is 3.06. The smallest absolute Gasteiger partial charge is 0.251 e. The van der Waals surface area contributed by atoms with E-state index in [9.17, 15) is 9.59 Å². The van der Waals surface area contributed by atoms with E-state index in [1.54, 1.807) is 11.9 Å². The van der Waals surface area contributed by atoms with Gasteiger partial charge in [-0.05, 0) is 30.2 Å². The second-order valence-electron chi connectivity index (χ2n) is 8.32. The zero-order valence-corrected chi connectivity index (χ0v) is 17.9. The maximum atomic E-state index is 12.1. The molecule has 0 aliphatic carbocycles. The van der Waals surface area contributed by atoms with Crippen LogP contribution in [-0.4, -0.2) is 59.0 Å². The second kappa shape index (κ2) is 7.77. The molecule has 0 bridgehead atoms. The predicted molar refractivity (Wildman–Crippen MR) is 121 cm³/mol. The maximum Gasteiger partial charge on any atom is 0.251 e. The fraction of sp³-hybridized carbons (Fsp3) is 0.391. The fourth-order valence-electron chi connectivity index (χ4n) is 4.43. The number of carbonyl (C=O) groups is 1. The van der Waals surface area contributed by atoms with Crippen LogP contribution in [0.5, 0.6) is 0 Å². The molecule has 0 radical (unpaired) electrons. The normalized spacial score (nSPS) is 16.9. The molecule has 8 heteroatoms. The highest BCUT2D eigenvalue weighted by Gasteiger charge is 2.27. The molecular weight excluding hydrogens is 392 g/mol. The molecule has 0 aromatic carbocycles. The molecular formula is C23H26N6O2. The molecule has 2 aliphatic heterocycles. The fourth-order valence-corrected chi connectivity index (χ4v) is 4.43. The molecule has 31 heavy (non-hydrogen) atoms. The van der Waals surface area contributed by atoms with E-state index in [1.807, 2.05) is 31.5 Å². The van der Waals surface area contributed by atoms with Gasteiger partial charge in [0.15, 0.2) is 0 Å². The molecule has 1 amide bonds. The highest BCUT2D eigenvalue weighted by atomic mass is 16.2. The topological polar surface area (TPSA) is 85.4 Å². The van der Waals surface area contributed by atoms with Crippen molar-refractivity contribution in [1.82, 2.24) is 19.9 Å². The Kier molecular flexibility index (Phi) is 4.94. The minimum atomic E-state index is -0.0292. The van der Waals surface area contributed by atoms with Crippen molar-refractivity contribution in [2.45, 2.75) is 26.3 Å². The van der Waals surface area contributed by atoms with E-state index in [0.717, 1.165) is 72.0 Å². The molecule has 2 aliphatic rings. The first-order chi connectivity index (χ1) is 15.0. The largest absolute Gasteiger partial charge is 0.368 e. The van der Waals surface area contributed by atoms with Gasteiger partial charge in [0, 0.05) is 57.1 Å². The monoisotopic (exact) mass is 418 g/mol. The number of aromatic nitrogens is 3. The number of rotatable bonds is 4. The van der Waals surface area contributed by atoms with Gasteiger partial charge in [0.05, 0.1) is 29.3 Å². The Hall–Kier alpha value is -3.26. The molecule has 5 heterocycles. The minimum Gasteiger partial charge on any atom is -0.368 e. The lowest BCUT2D eigenvalue weighted by molar-refractivity contribution is -0.117. The van der Waals surface area contributed by atoms with Gasteiger partial charge in [0.1, 0.15) is 5.82 Å². The number of hydrogen-bond donors (Lipinski definition) is 1. The van der Waals surface area contributed by atoms with Gasteiger partial charge in [-0.15, -0.1) is 0 Å². The molecule has 0 atom stereocenters. The zero-order valence-electron chi connectivity index (χ0n) is 17.9. The van der Waals surface area contributed by atoms with Crippen molar-refractivity contribution in [2.24, 2.45) is 0 Å². The number of aryl methyl sites for hydroxylation is 1. The first kappa shape index (κ1) is 19.7. The van der Waals surface area contributed by atoms with Crippen LogP contribution in [0.2, 0.25) is 0 Å². The number of nitrogens with one attached hydrogen (secondary N) is 1. The van der Waals surface area contributed by atoms with Gasteiger partial charge in [0.25, 0.3) is 5.56 Å². The molecule has 5 rings (SSSR count). The van der Waals surface area contributed by atoms with E-state index >= 15 is 0 Å². The van der Waals surface area contributed by atoms with Crippen LogP contribution in [0.1, 0.15) is 23.6 Å². The van der Waals surface area contributed by atoms with Crippen LogP contribution in [0.25, 0.3) is 11.0 Å². The third-order valence-electron chi connectivity index (χ3n) is 6.31. The quantitative estimate of drug-likeness (QED) is 0.695. The number of nitrogens with zero attached hydrogens (tertiary/aromatic N) is 5. The van der Waals surface area contributed by atoms with Crippen LogP contribution >= 0.6 is 0 Å². The van der Waals surface area contributed by atoms with Crippen LogP contribution in [-0.2, 0) is 24.2 Å². The van der Waals surface area contributed by atoms with E-state index in [-0.39, 0.29) is 11.5 Å². The Balaban J connectivity index is 1.25. The lowest BCUT2D eigenvalue weighted by Gasteiger charge is -2.36. The summed E-state index contributed by atoms with van der Waals surface area (Å²) in [5.74, 6) is 0.876. The van der Waals surface area contributed by atoms with Crippen LogP contribution in [0.15, 0.2) is 35.4 Å². The molecule has 1 N–H and O–H groups in total. The van der Waals surface area contributed by atoms with E-state index in [2.05, 4.69) is 30.8 Å². The van der Waals surface area contributed by atoms with Crippen molar-refractivity contribution in [2.75, 3.05) is 43.0 Å². The third-order valence-corrected chi connectivity index (χ3v) is 6.31. The molecule has 160 valence electrons. The number of hydrogen-bond acceptors (Lipinski definition) is 6. The molecule has 3 aromatic rings. The van der Waals surface area contributed by atoms with Gasteiger partial charge in [-0.2, -0.15) is 0 Å². The van der Waals surface area contributed by atoms with Gasteiger partial charge in [0.2, 0.25) is 5.91 Å². The van der Waals surface area contributed by atoms with Gasteiger partial charge < -0.3 is 9.88 Å². The van der Waals surface area contributed by atoms with Crippen LogP contribution in [0, 0.1) is 0 Å². The SMILES string of the molecule is CCc1cc2ncc(CN3CCN(c4cnc5c(c4)CC(=O)N5C)CC3)cc2[nH]c1=O. The standard InChI is InChI=1S/C23H26N6O2/c1-3-16-10-19-20(26-23(16)31)8-15(12-24-19)14-28-4-6-29(7-5-28)18-9-17-11-21(30)27(2)22(17)25-13-18/h8-10,12-13H,3-7,11,14H2,1-2H3,(H,26,31). The predicted octanol–water partition coefficient (Wildman–Crippen LogP) is 1.72. The Morgan fingerprint density at radius 2 is 1.84 bits per heavy atom. The molecule has 0 unspecified atom stereocenters. The molecule has 3 aromatic heterocycles. The van der Waals surface area contributed by atoms with E-state index in [4.69, 9.17) is 0 Å². The van der Waals surface area contributed by atoms with Crippen molar-refractivity contribution >= 4 is 28.4 Å². The Morgan fingerprint density at radius 1 is 1.03 bits per heavy atom. The summed E-state index contributed by atoms with van der Waals surface area (Å²) in [6, 6.07) is 6.02. The summed E-state index contributed by atoms with van der Waals surface area (Å²) in [5, 5.41) is 0. The van der Waals surface area contributed by atoms with Crippen molar-refractivity contribution in [1.29, 1.82) is 0 Å². The number of pyridine rings is 3. The summed E-state index contributed by atoms with van der Waals surface area (Å²) < 4.78 is 0. The molecule has 8 nitrogen and oxygen atoms in total. The van der Waals surface area contributed by atoms with Gasteiger partial charge >= 0.3 is 0 Å². The summed E-state index contributed by atoms with van der Waals surface area (Å²) >= 11 is 0. The highest BCUT2D eigenvalue weighted by molar-refractivity contribution is 6.00. The van der Waals surface area contributed by atoms with Crippen LogP contribution in [0.3, 0.4) is 0 Å².